The number of alkyl halides is 3. The average molecular weight is 559 g/mol. The second-order valence-corrected chi connectivity index (χ2v) is 10.4. The van der Waals surface area contributed by atoms with Crippen LogP contribution in [0.1, 0.15) is 53.2 Å². The van der Waals surface area contributed by atoms with Crippen molar-refractivity contribution in [3.8, 4) is 11.1 Å². The fourth-order valence-corrected chi connectivity index (χ4v) is 5.07. The molecule has 0 aromatic heterocycles. The highest BCUT2D eigenvalue weighted by Crippen LogP contribution is 2.33. The van der Waals surface area contributed by atoms with Crippen LogP contribution >= 0.6 is 11.6 Å². The summed E-state index contributed by atoms with van der Waals surface area (Å²) in [4.78, 5) is 25.8. The third kappa shape index (κ3) is 7.53. The number of likely N-dealkylation sites (tertiary alicyclic amines) is 1. The van der Waals surface area contributed by atoms with Gasteiger partial charge in [0.15, 0.2) is 0 Å². The first-order valence-electron chi connectivity index (χ1n) is 12.8. The number of halogens is 4. The minimum atomic E-state index is -4.29. The summed E-state index contributed by atoms with van der Waals surface area (Å²) in [7, 11) is 0. The summed E-state index contributed by atoms with van der Waals surface area (Å²) >= 11 is 6.00. The number of carbonyl (C=O) groups is 2. The molecule has 2 N–H and O–H groups in total. The summed E-state index contributed by atoms with van der Waals surface area (Å²) in [5.41, 5.74) is 4.57. The van der Waals surface area contributed by atoms with E-state index in [1.165, 1.54) is 0 Å². The summed E-state index contributed by atoms with van der Waals surface area (Å²) < 4.78 is 39.4. The summed E-state index contributed by atoms with van der Waals surface area (Å²) in [5.74, 6) is -1.74. The Kier molecular flexibility index (Phi) is 8.85. The number of aryl methyl sites for hydroxylation is 1. The monoisotopic (exact) mass is 558 g/mol. The molecule has 1 aliphatic rings. The van der Waals surface area contributed by atoms with Gasteiger partial charge >= 0.3 is 12.1 Å². The summed E-state index contributed by atoms with van der Waals surface area (Å²) in [6.45, 7) is 2.58. The molecule has 9 heteroatoms. The molecule has 0 aliphatic carbocycles. The number of nitrogens with one attached hydrogen (secondary N) is 1. The van der Waals surface area contributed by atoms with Crippen molar-refractivity contribution in [2.24, 2.45) is 5.92 Å². The van der Waals surface area contributed by atoms with Crippen LogP contribution in [0.25, 0.3) is 11.1 Å². The van der Waals surface area contributed by atoms with Crippen LogP contribution in [0.2, 0.25) is 5.02 Å². The van der Waals surface area contributed by atoms with Gasteiger partial charge in [0.25, 0.3) is 5.91 Å². The van der Waals surface area contributed by atoms with Crippen molar-refractivity contribution in [2.45, 2.75) is 44.8 Å². The lowest BCUT2D eigenvalue weighted by Gasteiger charge is -2.30. The van der Waals surface area contributed by atoms with Crippen molar-refractivity contribution < 1.29 is 27.9 Å². The molecule has 0 radical (unpaired) electrons. The largest absolute Gasteiger partial charge is 0.481 e. The van der Waals surface area contributed by atoms with E-state index in [1.54, 1.807) is 41.3 Å². The number of piperidine rings is 1. The number of carbonyl (C=O) groups excluding carboxylic acids is 1. The number of rotatable bonds is 8. The summed E-state index contributed by atoms with van der Waals surface area (Å²) in [6.07, 6.45) is -4.23. The zero-order valence-electron chi connectivity index (χ0n) is 21.5. The molecular formula is C30H30ClF3N2O3. The van der Waals surface area contributed by atoms with Gasteiger partial charge in [0.05, 0.1) is 12.0 Å². The Morgan fingerprint density at radius 1 is 1.08 bits per heavy atom. The van der Waals surface area contributed by atoms with Gasteiger partial charge in [-0.2, -0.15) is 13.2 Å². The fourth-order valence-electron chi connectivity index (χ4n) is 4.94. The lowest BCUT2D eigenvalue weighted by Crippen LogP contribution is -2.42. The normalized spacial score (nSPS) is 16.5. The van der Waals surface area contributed by atoms with E-state index in [1.807, 2.05) is 37.3 Å². The smallest absolute Gasteiger partial charge is 0.389 e. The van der Waals surface area contributed by atoms with Gasteiger partial charge < -0.3 is 15.3 Å². The number of hydrogen-bond donors (Lipinski definition) is 2. The van der Waals surface area contributed by atoms with Gasteiger partial charge in [-0.25, -0.2) is 0 Å². The van der Waals surface area contributed by atoms with Crippen LogP contribution in [-0.4, -0.2) is 41.1 Å². The molecule has 0 bridgehead atoms. The highest BCUT2D eigenvalue weighted by Gasteiger charge is 2.30. The van der Waals surface area contributed by atoms with E-state index in [0.29, 0.717) is 35.7 Å². The Morgan fingerprint density at radius 3 is 2.38 bits per heavy atom. The highest BCUT2D eigenvalue weighted by atomic mass is 35.5. The summed E-state index contributed by atoms with van der Waals surface area (Å²) in [5, 5.41) is 13.1. The second-order valence-electron chi connectivity index (χ2n) is 9.94. The van der Waals surface area contributed by atoms with Crippen molar-refractivity contribution in [3.63, 3.8) is 0 Å². The Bertz CT molecular complexity index is 1310. The Labute approximate surface area is 230 Å². The van der Waals surface area contributed by atoms with Crippen LogP contribution in [0.15, 0.2) is 66.7 Å². The molecule has 39 heavy (non-hydrogen) atoms. The lowest BCUT2D eigenvalue weighted by molar-refractivity contribution is -0.143. The van der Waals surface area contributed by atoms with E-state index in [2.05, 4.69) is 5.32 Å². The lowest BCUT2D eigenvalue weighted by atomic mass is 9.94. The number of carboxylic acids is 1. The molecule has 1 unspecified atom stereocenters. The van der Waals surface area contributed by atoms with Crippen molar-refractivity contribution in [3.05, 3.63) is 88.4 Å². The maximum absolute atomic E-state index is 13.1. The molecule has 1 fully saturated rings. The van der Waals surface area contributed by atoms with Gasteiger partial charge in [0.1, 0.15) is 0 Å². The molecule has 4 rings (SSSR count). The molecule has 2 atom stereocenters. The van der Waals surface area contributed by atoms with Gasteiger partial charge in [-0.05, 0) is 84.8 Å². The Hall–Kier alpha value is -3.52. The maximum Gasteiger partial charge on any atom is 0.389 e. The van der Waals surface area contributed by atoms with Crippen LogP contribution in [0.5, 0.6) is 0 Å². The van der Waals surface area contributed by atoms with Crippen LogP contribution in [-0.2, 0) is 4.79 Å². The van der Waals surface area contributed by atoms with E-state index in [4.69, 9.17) is 11.6 Å². The van der Waals surface area contributed by atoms with Gasteiger partial charge in [-0.1, -0.05) is 41.9 Å². The number of aliphatic carboxylic acids is 1. The van der Waals surface area contributed by atoms with Crippen LogP contribution in [0.3, 0.4) is 0 Å². The SMILES string of the molecule is Cc1cc(C(CCC(F)(F)F)Nc2ccc(C(=O)N3CCC[C@@H](C(=O)O)C3)cc2)ccc1-c1ccc(Cl)cc1. The predicted molar refractivity (Wildman–Crippen MR) is 146 cm³/mol. The van der Waals surface area contributed by atoms with Crippen molar-refractivity contribution in [1.29, 1.82) is 0 Å². The van der Waals surface area contributed by atoms with Crippen LogP contribution < -0.4 is 5.32 Å². The number of amides is 1. The number of nitrogens with zero attached hydrogens (tertiary/aromatic N) is 1. The molecule has 5 nitrogen and oxygen atoms in total. The van der Waals surface area contributed by atoms with Gasteiger partial charge in [0.2, 0.25) is 0 Å². The predicted octanol–water partition coefficient (Wildman–Crippen LogP) is 7.75. The van der Waals surface area contributed by atoms with E-state index in [-0.39, 0.29) is 18.9 Å². The zero-order valence-corrected chi connectivity index (χ0v) is 22.2. The molecule has 206 valence electrons. The van der Waals surface area contributed by atoms with Gasteiger partial charge in [-0.3, -0.25) is 9.59 Å². The van der Waals surface area contributed by atoms with Gasteiger partial charge in [0, 0.05) is 35.8 Å². The van der Waals surface area contributed by atoms with E-state index in [0.717, 1.165) is 22.3 Å². The van der Waals surface area contributed by atoms with Crippen molar-refractivity contribution in [1.82, 2.24) is 4.90 Å². The number of carboxylic acid groups (broad SMARTS) is 1. The molecule has 1 aliphatic heterocycles. The fraction of sp³-hybridized carbons (Fsp3) is 0.333. The molecular weight excluding hydrogens is 529 g/mol. The first-order chi connectivity index (χ1) is 18.5. The van der Waals surface area contributed by atoms with Crippen LogP contribution in [0.4, 0.5) is 18.9 Å². The molecule has 0 saturated carbocycles. The minimum Gasteiger partial charge on any atom is -0.481 e. The molecule has 3 aromatic carbocycles. The van der Waals surface area contributed by atoms with Gasteiger partial charge in [-0.15, -0.1) is 0 Å². The van der Waals surface area contributed by atoms with E-state index >= 15 is 0 Å². The second kappa shape index (κ2) is 12.1. The highest BCUT2D eigenvalue weighted by molar-refractivity contribution is 6.30. The first kappa shape index (κ1) is 28.5. The first-order valence-corrected chi connectivity index (χ1v) is 13.2. The number of anilines is 1. The Morgan fingerprint density at radius 2 is 1.77 bits per heavy atom. The Balaban J connectivity index is 1.51. The maximum atomic E-state index is 13.1. The number of benzene rings is 3. The van der Waals surface area contributed by atoms with Crippen molar-refractivity contribution >= 4 is 29.2 Å². The number of hydrogen-bond acceptors (Lipinski definition) is 3. The third-order valence-corrected chi connectivity index (χ3v) is 7.31. The van der Waals surface area contributed by atoms with E-state index in [9.17, 15) is 27.9 Å². The molecule has 1 amide bonds. The minimum absolute atomic E-state index is 0.158. The zero-order chi connectivity index (χ0) is 28.2. The quantitative estimate of drug-likeness (QED) is 0.296. The molecule has 1 heterocycles. The van der Waals surface area contributed by atoms with Crippen LogP contribution in [0, 0.1) is 12.8 Å². The molecule has 0 spiro atoms. The molecule has 3 aromatic rings. The third-order valence-electron chi connectivity index (χ3n) is 7.06. The standard InChI is InChI=1S/C30H30ClF3N2O3/c1-19-17-22(8-13-26(19)20-4-9-24(31)10-5-20)27(14-15-30(32,33)34)35-25-11-6-21(7-12-25)28(37)36-16-2-3-23(18-36)29(38)39/h4-13,17,23,27,35H,2-3,14-16,18H2,1H3,(H,38,39)/t23-,27?/m1/s1. The van der Waals surface area contributed by atoms with E-state index < -0.39 is 30.5 Å². The average Bonchev–Trinajstić information content (AvgIpc) is 2.91. The van der Waals surface area contributed by atoms with Crippen molar-refractivity contribution in [2.75, 3.05) is 18.4 Å². The topological polar surface area (TPSA) is 69.6 Å². The summed E-state index contributed by atoms with van der Waals surface area (Å²) in [6, 6.07) is 19.0. The molecule has 1 saturated heterocycles.